The smallest absolute Gasteiger partial charge is 0.283 e. The van der Waals surface area contributed by atoms with E-state index in [1.54, 1.807) is 24.3 Å². The van der Waals surface area contributed by atoms with Crippen molar-refractivity contribution in [2.24, 2.45) is 10.1 Å². The van der Waals surface area contributed by atoms with Crippen LogP contribution < -0.4 is 5.11 Å². The fourth-order valence-corrected chi connectivity index (χ4v) is 4.20. The number of carbonyl (C=O) groups excluding carboxylic acids is 2. The van der Waals surface area contributed by atoms with E-state index in [0.29, 0.717) is 27.3 Å². The van der Waals surface area contributed by atoms with E-state index in [2.05, 4.69) is 10.1 Å². The molecule has 33 heavy (non-hydrogen) atoms. The molecule has 9 heteroatoms. The van der Waals surface area contributed by atoms with Gasteiger partial charge in [-0.3, -0.25) is 10.2 Å². The molecule has 2 aliphatic rings. The number of benzene rings is 2. The van der Waals surface area contributed by atoms with E-state index in [-0.39, 0.29) is 17.0 Å². The van der Waals surface area contributed by atoms with Gasteiger partial charge >= 0.3 is 0 Å². The predicted molar refractivity (Wildman–Crippen MR) is 124 cm³/mol. The van der Waals surface area contributed by atoms with Gasteiger partial charge in [-0.1, -0.05) is 54.1 Å². The lowest BCUT2D eigenvalue weighted by molar-refractivity contribution is -0.255. The van der Waals surface area contributed by atoms with Crippen LogP contribution in [-0.2, 0) is 4.79 Å². The van der Waals surface area contributed by atoms with E-state index in [9.17, 15) is 14.7 Å². The number of fused-ring (bicyclic) bond motifs is 1. The van der Waals surface area contributed by atoms with Crippen molar-refractivity contribution in [2.45, 2.75) is 6.92 Å². The average Bonchev–Trinajstić information content (AvgIpc) is 3.45. The Bertz CT molecular complexity index is 1400. The number of carboxylic acids is 1. The molecule has 5 rings (SSSR count). The Morgan fingerprint density at radius 1 is 1.06 bits per heavy atom. The molecule has 8 nitrogen and oxygen atoms in total. The van der Waals surface area contributed by atoms with Gasteiger partial charge < -0.3 is 14.3 Å². The number of thioether (sulfide) groups is 1. The zero-order chi connectivity index (χ0) is 23.1. The van der Waals surface area contributed by atoms with E-state index < -0.39 is 11.9 Å². The number of carbonyl (C=O) groups is 2. The van der Waals surface area contributed by atoms with E-state index >= 15 is 0 Å². The van der Waals surface area contributed by atoms with Gasteiger partial charge in [-0.25, -0.2) is 0 Å². The summed E-state index contributed by atoms with van der Waals surface area (Å²) < 4.78 is 5.79. The Morgan fingerprint density at radius 3 is 2.45 bits per heavy atom. The van der Waals surface area contributed by atoms with Crippen molar-refractivity contribution in [1.29, 1.82) is 5.41 Å². The summed E-state index contributed by atoms with van der Waals surface area (Å²) in [5, 5.41) is 26.2. The normalized spacial score (nSPS) is 16.6. The van der Waals surface area contributed by atoms with Crippen LogP contribution in [-0.4, -0.2) is 32.9 Å². The lowest BCUT2D eigenvalue weighted by Gasteiger charge is -2.19. The van der Waals surface area contributed by atoms with Crippen LogP contribution in [0.3, 0.4) is 0 Å². The van der Waals surface area contributed by atoms with Crippen LogP contribution in [0.2, 0.25) is 0 Å². The number of aryl methyl sites for hydroxylation is 1. The molecule has 3 aromatic rings. The predicted octanol–water partition coefficient (Wildman–Crippen LogP) is 3.29. The number of nitrogens with one attached hydrogen (secondary N) is 1. The van der Waals surface area contributed by atoms with Gasteiger partial charge in [-0.05, 0) is 42.5 Å². The molecule has 0 aliphatic carbocycles. The van der Waals surface area contributed by atoms with E-state index in [0.717, 1.165) is 11.1 Å². The Labute approximate surface area is 192 Å². The van der Waals surface area contributed by atoms with Gasteiger partial charge in [-0.2, -0.15) is 15.1 Å². The fourth-order valence-electron chi connectivity index (χ4n) is 3.30. The third kappa shape index (κ3) is 3.90. The molecule has 0 unspecified atom stereocenters. The second-order valence-electron chi connectivity index (χ2n) is 7.36. The topological polar surface area (TPSA) is 122 Å². The summed E-state index contributed by atoms with van der Waals surface area (Å²) in [6, 6.07) is 17.2. The van der Waals surface area contributed by atoms with Crippen LogP contribution in [0.1, 0.15) is 27.2 Å². The number of hydrogen-bond acceptors (Lipinski definition) is 7. The number of hydrogen-bond donors (Lipinski definition) is 1. The summed E-state index contributed by atoms with van der Waals surface area (Å²) >= 11 is 1.24. The second-order valence-corrected chi connectivity index (χ2v) is 8.31. The molecule has 2 aromatic carbocycles. The van der Waals surface area contributed by atoms with Crippen LogP contribution >= 0.6 is 11.8 Å². The summed E-state index contributed by atoms with van der Waals surface area (Å²) in [5.41, 5.74) is 2.79. The van der Waals surface area contributed by atoms with Crippen LogP contribution in [0.4, 0.5) is 0 Å². The maximum Gasteiger partial charge on any atom is 0.283 e. The number of furan rings is 1. The Hall–Kier alpha value is -4.24. The van der Waals surface area contributed by atoms with Crippen molar-refractivity contribution in [1.82, 2.24) is 5.01 Å². The highest BCUT2D eigenvalue weighted by Gasteiger charge is 2.36. The quantitative estimate of drug-likeness (QED) is 0.603. The Balaban J connectivity index is 1.41. The van der Waals surface area contributed by atoms with Gasteiger partial charge in [0.1, 0.15) is 16.6 Å². The van der Waals surface area contributed by atoms with Gasteiger partial charge in [0.15, 0.2) is 5.84 Å². The number of nitrogens with zero attached hydrogens (tertiary/aromatic N) is 3. The minimum absolute atomic E-state index is 0.0569. The first-order valence-electron chi connectivity index (χ1n) is 9.88. The molecule has 0 radical (unpaired) electrons. The number of amides is 1. The zero-order valence-corrected chi connectivity index (χ0v) is 18.1. The van der Waals surface area contributed by atoms with Crippen molar-refractivity contribution < 1.29 is 19.1 Å². The average molecular weight is 455 g/mol. The van der Waals surface area contributed by atoms with Gasteiger partial charge in [0, 0.05) is 11.1 Å². The highest BCUT2D eigenvalue weighted by atomic mass is 32.2. The van der Waals surface area contributed by atoms with Crippen LogP contribution in [0.15, 0.2) is 80.7 Å². The van der Waals surface area contributed by atoms with E-state index in [1.807, 2.05) is 31.2 Å². The molecule has 0 bridgehead atoms. The molecular formula is C24H15N4O4S-. The summed E-state index contributed by atoms with van der Waals surface area (Å²) in [5.74, 6) is -1.04. The SMILES string of the molecule is Cc1ccc(C2=NN3C(=N)/C(=C\c4ccc(-c5ccc(C(=O)[O-])cc5)o4)C(=O)N=C3S2)cc1. The molecule has 1 aromatic heterocycles. The van der Waals surface area contributed by atoms with Crippen LogP contribution in [0, 0.1) is 12.3 Å². The molecule has 0 atom stereocenters. The molecule has 0 saturated heterocycles. The third-order valence-corrected chi connectivity index (χ3v) is 6.03. The summed E-state index contributed by atoms with van der Waals surface area (Å²) in [4.78, 5) is 27.6. The lowest BCUT2D eigenvalue weighted by atomic mass is 10.1. The maximum absolute atomic E-state index is 12.6. The highest BCUT2D eigenvalue weighted by Crippen LogP contribution is 2.31. The molecule has 0 fully saturated rings. The second kappa shape index (κ2) is 8.03. The number of hydrazone groups is 1. The van der Waals surface area contributed by atoms with Crippen molar-refractivity contribution in [3.63, 3.8) is 0 Å². The van der Waals surface area contributed by atoms with Crippen LogP contribution in [0.25, 0.3) is 17.4 Å². The van der Waals surface area contributed by atoms with Gasteiger partial charge in [0.25, 0.3) is 5.91 Å². The third-order valence-electron chi connectivity index (χ3n) is 5.07. The van der Waals surface area contributed by atoms with E-state index in [1.165, 1.54) is 35.0 Å². The molecule has 1 N–H and O–H groups in total. The molecule has 3 heterocycles. The Morgan fingerprint density at radius 2 is 1.76 bits per heavy atom. The van der Waals surface area contributed by atoms with Crippen LogP contribution in [0.5, 0.6) is 0 Å². The number of aliphatic imine (C=N–C) groups is 1. The molecule has 0 spiro atoms. The zero-order valence-electron chi connectivity index (χ0n) is 17.2. The minimum atomic E-state index is -1.26. The molecule has 1 amide bonds. The van der Waals surface area contributed by atoms with Gasteiger partial charge in [0.2, 0.25) is 5.17 Å². The molecular weight excluding hydrogens is 440 g/mol. The summed E-state index contributed by atoms with van der Waals surface area (Å²) in [7, 11) is 0. The first kappa shape index (κ1) is 20.7. The van der Waals surface area contributed by atoms with Gasteiger partial charge in [0.05, 0.1) is 11.5 Å². The monoisotopic (exact) mass is 455 g/mol. The molecule has 0 saturated carbocycles. The van der Waals surface area contributed by atoms with Crippen molar-refractivity contribution >= 4 is 45.8 Å². The standard InChI is InChI=1S/C24H16N4O4S/c1-13-2-4-15(5-3-13)22-27-28-20(25)18(21(29)26-24(28)33-22)12-17-10-11-19(32-17)14-6-8-16(9-7-14)23(30)31/h2-12,25H,1H3,(H,30,31)/p-1/b18-12+,25-20?. The largest absolute Gasteiger partial charge is 0.545 e. The van der Waals surface area contributed by atoms with Gasteiger partial charge in [-0.15, -0.1) is 0 Å². The van der Waals surface area contributed by atoms with Crippen molar-refractivity contribution in [3.05, 3.63) is 88.7 Å². The maximum atomic E-state index is 12.6. The number of aromatic carboxylic acids is 1. The molecule has 2 aliphatic heterocycles. The van der Waals surface area contributed by atoms with E-state index in [4.69, 9.17) is 9.83 Å². The fraction of sp³-hybridized carbons (Fsp3) is 0.0417. The number of amidine groups is 2. The highest BCUT2D eigenvalue weighted by molar-refractivity contribution is 8.27. The summed E-state index contributed by atoms with van der Waals surface area (Å²) in [6.45, 7) is 1.99. The molecule has 162 valence electrons. The first-order chi connectivity index (χ1) is 15.9. The lowest BCUT2D eigenvalue weighted by Crippen LogP contribution is -2.35. The minimum Gasteiger partial charge on any atom is -0.545 e. The van der Waals surface area contributed by atoms with Crippen molar-refractivity contribution in [3.8, 4) is 11.3 Å². The number of carboxylic acid groups (broad SMARTS) is 1. The number of rotatable bonds is 4. The first-order valence-corrected chi connectivity index (χ1v) is 10.7. The van der Waals surface area contributed by atoms with Crippen molar-refractivity contribution in [2.75, 3.05) is 0 Å². The summed E-state index contributed by atoms with van der Waals surface area (Å²) in [6.07, 6.45) is 1.45. The Kier molecular flexibility index (Phi) is 5.02.